The summed E-state index contributed by atoms with van der Waals surface area (Å²) >= 11 is 0. The van der Waals surface area contributed by atoms with Crippen LogP contribution in [0.3, 0.4) is 0 Å². The first-order valence-corrected chi connectivity index (χ1v) is 9.39. The zero-order valence-electron chi connectivity index (χ0n) is 15.0. The molecule has 0 aromatic heterocycles. The Hall–Kier alpha value is -2.86. The Morgan fingerprint density at radius 3 is 1.69 bits per heavy atom. The first-order chi connectivity index (χ1) is 12.8. The summed E-state index contributed by atoms with van der Waals surface area (Å²) in [5.41, 5.74) is 7.05. The van der Waals surface area contributed by atoms with Gasteiger partial charge in [0.15, 0.2) is 0 Å². The summed E-state index contributed by atoms with van der Waals surface area (Å²) in [4.78, 5) is 0. The number of rotatable bonds is 3. The number of allylic oxidation sites excluding steroid dienone is 4. The molecule has 3 aromatic rings. The lowest BCUT2D eigenvalue weighted by Crippen LogP contribution is -2.36. The summed E-state index contributed by atoms with van der Waals surface area (Å²) in [7, 11) is 0. The van der Waals surface area contributed by atoms with Crippen molar-refractivity contribution in [1.82, 2.24) is 0 Å². The quantitative estimate of drug-likeness (QED) is 0.513. The van der Waals surface area contributed by atoms with Gasteiger partial charge in [0, 0.05) is 17.3 Å². The van der Waals surface area contributed by atoms with E-state index in [-0.39, 0.29) is 5.41 Å². The zero-order chi connectivity index (χ0) is 17.6. The minimum atomic E-state index is -0.0343. The molecule has 0 nitrogen and oxygen atoms in total. The van der Waals surface area contributed by atoms with Crippen molar-refractivity contribution in [1.29, 1.82) is 0 Å². The molecule has 0 saturated heterocycles. The van der Waals surface area contributed by atoms with Gasteiger partial charge in [-0.1, -0.05) is 110 Å². The van der Waals surface area contributed by atoms with E-state index >= 15 is 0 Å². The van der Waals surface area contributed by atoms with Gasteiger partial charge in [-0.25, -0.2) is 0 Å². The molecule has 0 fully saturated rings. The van der Waals surface area contributed by atoms with Gasteiger partial charge in [-0.2, -0.15) is 0 Å². The third-order valence-electron chi connectivity index (χ3n) is 6.27. The van der Waals surface area contributed by atoms with Crippen LogP contribution >= 0.6 is 0 Å². The van der Waals surface area contributed by atoms with E-state index in [0.29, 0.717) is 11.8 Å². The standard InChI is InChI=1S/C26H22/c1-26(20-13-5-6-14-20,19-11-3-2-4-12-19)25-23-17-9-7-15-21(23)22-16-8-10-18-24(22)25/h2-18,20,25H,1H3. The molecule has 0 amide bonds. The molecule has 5 rings (SSSR count). The Morgan fingerprint density at radius 2 is 1.12 bits per heavy atom. The maximum absolute atomic E-state index is 2.44. The van der Waals surface area contributed by atoms with Gasteiger partial charge in [-0.15, -0.1) is 0 Å². The molecule has 2 aliphatic carbocycles. The predicted molar refractivity (Wildman–Crippen MR) is 109 cm³/mol. The summed E-state index contributed by atoms with van der Waals surface area (Å²) in [5, 5.41) is 0. The SMILES string of the molecule is CC(c1ccccc1)(C1C=CC=C1)C1c2ccccc2-c2ccccc21. The third-order valence-corrected chi connectivity index (χ3v) is 6.27. The molecule has 3 aromatic carbocycles. The molecule has 0 aliphatic heterocycles. The van der Waals surface area contributed by atoms with Crippen molar-refractivity contribution in [2.75, 3.05) is 0 Å². The lowest BCUT2D eigenvalue weighted by atomic mass is 9.61. The van der Waals surface area contributed by atoms with Gasteiger partial charge < -0.3 is 0 Å². The van der Waals surface area contributed by atoms with Crippen molar-refractivity contribution < 1.29 is 0 Å². The second-order valence-electron chi connectivity index (χ2n) is 7.55. The topological polar surface area (TPSA) is 0 Å². The average Bonchev–Trinajstić information content (AvgIpc) is 3.35. The van der Waals surface area contributed by atoms with Crippen LogP contribution in [0, 0.1) is 5.92 Å². The van der Waals surface area contributed by atoms with Crippen LogP contribution in [0.1, 0.15) is 29.5 Å². The largest absolute Gasteiger partial charge is 0.0767 e. The Balaban J connectivity index is 1.80. The maximum atomic E-state index is 2.44. The van der Waals surface area contributed by atoms with Gasteiger partial charge in [0.2, 0.25) is 0 Å². The average molecular weight is 334 g/mol. The van der Waals surface area contributed by atoms with E-state index in [1.165, 1.54) is 27.8 Å². The number of benzene rings is 3. The molecular weight excluding hydrogens is 312 g/mol. The van der Waals surface area contributed by atoms with E-state index in [9.17, 15) is 0 Å². The van der Waals surface area contributed by atoms with Crippen molar-refractivity contribution in [3.05, 3.63) is 120 Å². The molecule has 0 spiro atoms. The fraction of sp³-hybridized carbons (Fsp3) is 0.154. The Kier molecular flexibility index (Phi) is 3.46. The highest BCUT2D eigenvalue weighted by Crippen LogP contribution is 2.57. The predicted octanol–water partition coefficient (Wildman–Crippen LogP) is 6.50. The lowest BCUT2D eigenvalue weighted by molar-refractivity contribution is 0.360. The van der Waals surface area contributed by atoms with Crippen LogP contribution in [0.5, 0.6) is 0 Å². The molecule has 0 bridgehead atoms. The monoisotopic (exact) mass is 334 g/mol. The summed E-state index contributed by atoms with van der Waals surface area (Å²) in [6, 6.07) is 28.9. The summed E-state index contributed by atoms with van der Waals surface area (Å²) in [6.45, 7) is 2.44. The van der Waals surface area contributed by atoms with Gasteiger partial charge in [0.05, 0.1) is 0 Å². The van der Waals surface area contributed by atoms with Crippen molar-refractivity contribution in [2.45, 2.75) is 18.3 Å². The van der Waals surface area contributed by atoms with Gasteiger partial charge >= 0.3 is 0 Å². The molecule has 126 valence electrons. The van der Waals surface area contributed by atoms with Crippen LogP contribution < -0.4 is 0 Å². The van der Waals surface area contributed by atoms with Crippen LogP contribution in [0.25, 0.3) is 11.1 Å². The molecule has 1 atom stereocenters. The highest BCUT2D eigenvalue weighted by molar-refractivity contribution is 5.80. The summed E-state index contributed by atoms with van der Waals surface area (Å²) in [6.07, 6.45) is 9.10. The molecule has 1 unspecified atom stereocenters. The lowest BCUT2D eigenvalue weighted by Gasteiger charge is -2.41. The van der Waals surface area contributed by atoms with Crippen LogP contribution in [-0.2, 0) is 5.41 Å². The van der Waals surface area contributed by atoms with Crippen molar-refractivity contribution in [3.8, 4) is 11.1 Å². The maximum Gasteiger partial charge on any atom is 0.0205 e. The molecule has 0 heterocycles. The van der Waals surface area contributed by atoms with Crippen LogP contribution in [0.15, 0.2) is 103 Å². The van der Waals surface area contributed by atoms with Crippen LogP contribution in [-0.4, -0.2) is 0 Å². The van der Waals surface area contributed by atoms with Crippen molar-refractivity contribution in [2.24, 2.45) is 5.92 Å². The number of fused-ring (bicyclic) bond motifs is 3. The highest BCUT2D eigenvalue weighted by Gasteiger charge is 2.46. The number of hydrogen-bond donors (Lipinski definition) is 0. The first kappa shape index (κ1) is 15.4. The van der Waals surface area contributed by atoms with Crippen LogP contribution in [0.2, 0.25) is 0 Å². The van der Waals surface area contributed by atoms with Gasteiger partial charge in [0.1, 0.15) is 0 Å². The van der Waals surface area contributed by atoms with E-state index in [1.54, 1.807) is 0 Å². The molecule has 0 N–H and O–H groups in total. The van der Waals surface area contributed by atoms with Crippen molar-refractivity contribution in [3.63, 3.8) is 0 Å². The Bertz CT molecular complexity index is 951. The third kappa shape index (κ3) is 2.08. The smallest absolute Gasteiger partial charge is 0.0205 e. The fourth-order valence-corrected chi connectivity index (χ4v) is 4.98. The van der Waals surface area contributed by atoms with E-state index in [0.717, 1.165) is 0 Å². The minimum absolute atomic E-state index is 0.0343. The number of hydrogen-bond acceptors (Lipinski definition) is 0. The minimum Gasteiger partial charge on any atom is -0.0767 e. The fourth-order valence-electron chi connectivity index (χ4n) is 4.98. The Morgan fingerprint density at radius 1 is 0.615 bits per heavy atom. The van der Waals surface area contributed by atoms with E-state index < -0.39 is 0 Å². The summed E-state index contributed by atoms with van der Waals surface area (Å²) < 4.78 is 0. The molecular formula is C26H22. The molecule has 26 heavy (non-hydrogen) atoms. The van der Waals surface area contributed by atoms with Gasteiger partial charge in [-0.05, 0) is 27.8 Å². The second kappa shape index (κ2) is 5.85. The van der Waals surface area contributed by atoms with Crippen LogP contribution in [0.4, 0.5) is 0 Å². The molecule has 0 radical (unpaired) electrons. The first-order valence-electron chi connectivity index (χ1n) is 9.39. The normalized spacial score (nSPS) is 17.9. The van der Waals surface area contributed by atoms with E-state index in [2.05, 4.69) is 110 Å². The highest BCUT2D eigenvalue weighted by atomic mass is 14.5. The summed E-state index contributed by atoms with van der Waals surface area (Å²) in [5.74, 6) is 0.726. The zero-order valence-corrected chi connectivity index (χ0v) is 15.0. The molecule has 0 saturated carbocycles. The van der Waals surface area contributed by atoms with E-state index in [4.69, 9.17) is 0 Å². The van der Waals surface area contributed by atoms with Gasteiger partial charge in [0.25, 0.3) is 0 Å². The molecule has 0 heteroatoms. The second-order valence-corrected chi connectivity index (χ2v) is 7.55. The van der Waals surface area contributed by atoms with Crippen molar-refractivity contribution >= 4 is 0 Å². The Labute approximate surface area is 155 Å². The van der Waals surface area contributed by atoms with E-state index in [1.807, 2.05) is 0 Å². The van der Waals surface area contributed by atoms with Gasteiger partial charge in [-0.3, -0.25) is 0 Å². The molecule has 2 aliphatic rings.